The Hall–Kier alpha value is -6.42. The van der Waals surface area contributed by atoms with Crippen molar-refractivity contribution >= 4 is 103 Å². The fourth-order valence-corrected chi connectivity index (χ4v) is 9.19. The van der Waals surface area contributed by atoms with Crippen molar-refractivity contribution in [2.75, 3.05) is 4.90 Å². The molecule has 0 amide bonds. The normalized spacial score (nSPS) is 11.9. The number of thiophene rings is 1. The topological polar surface area (TPSA) is 8.17 Å². The van der Waals surface area contributed by atoms with Crippen LogP contribution in [0.3, 0.4) is 0 Å². The lowest BCUT2D eigenvalue weighted by molar-refractivity contribution is 1.18. The van der Waals surface area contributed by atoms with Crippen LogP contribution in [-0.4, -0.2) is 4.57 Å². The van der Waals surface area contributed by atoms with Crippen molar-refractivity contribution in [2.24, 2.45) is 0 Å². The zero-order valence-corrected chi connectivity index (χ0v) is 28.4. The fourth-order valence-electron chi connectivity index (χ4n) is 8.11. The van der Waals surface area contributed by atoms with Crippen LogP contribution in [-0.2, 0) is 0 Å². The van der Waals surface area contributed by atoms with Gasteiger partial charge in [0.1, 0.15) is 0 Å². The first-order valence-corrected chi connectivity index (χ1v) is 18.2. The second-order valence-corrected chi connectivity index (χ2v) is 14.5. The lowest BCUT2D eigenvalue weighted by Gasteiger charge is -2.27. The molecule has 0 bridgehead atoms. The monoisotopic (exact) mass is 666 g/mol. The van der Waals surface area contributed by atoms with E-state index in [0.717, 1.165) is 22.7 Å². The van der Waals surface area contributed by atoms with E-state index in [9.17, 15) is 0 Å². The Morgan fingerprint density at radius 2 is 0.980 bits per heavy atom. The third kappa shape index (κ3) is 4.42. The summed E-state index contributed by atoms with van der Waals surface area (Å²) in [5.41, 5.74) is 6.96. The van der Waals surface area contributed by atoms with E-state index in [4.69, 9.17) is 0 Å². The van der Waals surface area contributed by atoms with Gasteiger partial charge in [-0.05, 0) is 93.7 Å². The van der Waals surface area contributed by atoms with E-state index in [1.54, 1.807) is 0 Å². The minimum atomic E-state index is 1.12. The quantitative estimate of drug-likeness (QED) is 0.181. The first kappa shape index (κ1) is 28.4. The molecular weight excluding hydrogens is 637 g/mol. The van der Waals surface area contributed by atoms with Crippen LogP contribution >= 0.6 is 11.3 Å². The maximum Gasteiger partial charge on any atom is 0.0561 e. The van der Waals surface area contributed by atoms with Crippen LogP contribution in [0.15, 0.2) is 182 Å². The van der Waals surface area contributed by atoms with Crippen LogP contribution in [0, 0.1) is 0 Å². The van der Waals surface area contributed by atoms with Gasteiger partial charge in [0.05, 0.1) is 16.7 Å². The molecule has 2 aromatic heterocycles. The van der Waals surface area contributed by atoms with Gasteiger partial charge in [0, 0.05) is 53.4 Å². The number of hydrogen-bond donors (Lipinski definition) is 0. The number of benzene rings is 9. The number of nitrogens with zero attached hydrogens (tertiary/aromatic N) is 2. The molecule has 51 heavy (non-hydrogen) atoms. The third-order valence-electron chi connectivity index (χ3n) is 10.5. The van der Waals surface area contributed by atoms with Gasteiger partial charge in [0.15, 0.2) is 0 Å². The second-order valence-electron chi connectivity index (χ2n) is 13.4. The summed E-state index contributed by atoms with van der Waals surface area (Å²) in [5.74, 6) is 0. The molecule has 0 spiro atoms. The lowest BCUT2D eigenvalue weighted by Crippen LogP contribution is -2.10. The van der Waals surface area contributed by atoms with Crippen LogP contribution in [0.4, 0.5) is 17.1 Å². The van der Waals surface area contributed by atoms with Gasteiger partial charge in [-0.1, -0.05) is 115 Å². The van der Waals surface area contributed by atoms with Crippen molar-refractivity contribution in [3.8, 4) is 5.69 Å². The number of fused-ring (bicyclic) bond motifs is 9. The first-order chi connectivity index (χ1) is 25.3. The summed E-state index contributed by atoms with van der Waals surface area (Å²) in [4.78, 5) is 2.45. The second kappa shape index (κ2) is 11.0. The van der Waals surface area contributed by atoms with E-state index in [0.29, 0.717) is 0 Å². The molecule has 238 valence electrons. The van der Waals surface area contributed by atoms with Crippen molar-refractivity contribution < 1.29 is 0 Å². The Kier molecular flexibility index (Phi) is 6.16. The molecule has 0 aliphatic heterocycles. The molecule has 2 heterocycles. The Labute approximate surface area is 298 Å². The lowest BCUT2D eigenvalue weighted by atomic mass is 10.0. The van der Waals surface area contributed by atoms with Crippen LogP contribution in [0.1, 0.15) is 0 Å². The standard InChI is InChI=1S/C48H30N2S/c1-2-12-33-26-36(21-20-31(33)10-1)50-45-28-35-14-4-3-13-34(35)27-42(45)40-24-22-38(30-46(40)50)49(44-18-9-15-32-11-5-6-16-39(32)44)37-23-25-48-43(29-37)41-17-7-8-19-47(41)51-48/h1-30H. The van der Waals surface area contributed by atoms with Gasteiger partial charge in [-0.25, -0.2) is 0 Å². The average Bonchev–Trinajstić information content (AvgIpc) is 3.71. The van der Waals surface area contributed by atoms with Gasteiger partial charge in [0.25, 0.3) is 0 Å². The predicted molar refractivity (Wildman–Crippen MR) is 221 cm³/mol. The third-order valence-corrected chi connectivity index (χ3v) is 11.6. The highest BCUT2D eigenvalue weighted by atomic mass is 32.1. The molecule has 0 aliphatic carbocycles. The molecular formula is C48H30N2S. The van der Waals surface area contributed by atoms with Crippen LogP contribution in [0.25, 0.3) is 80.0 Å². The van der Waals surface area contributed by atoms with E-state index in [2.05, 4.69) is 191 Å². The van der Waals surface area contributed by atoms with Crippen molar-refractivity contribution in [3.05, 3.63) is 182 Å². The van der Waals surface area contributed by atoms with E-state index >= 15 is 0 Å². The van der Waals surface area contributed by atoms with E-state index < -0.39 is 0 Å². The highest BCUT2D eigenvalue weighted by Crippen LogP contribution is 2.45. The Morgan fingerprint density at radius 3 is 1.84 bits per heavy atom. The summed E-state index contributed by atoms with van der Waals surface area (Å²) in [6.07, 6.45) is 0. The smallest absolute Gasteiger partial charge is 0.0561 e. The SMILES string of the molecule is c1ccc2cc(-n3c4cc(N(c5ccc6sc7ccccc7c6c5)c5cccc6ccccc56)ccc4c4cc5ccccc5cc43)ccc2c1. The summed E-state index contributed by atoms with van der Waals surface area (Å²) >= 11 is 1.86. The zero-order valence-electron chi connectivity index (χ0n) is 27.6. The summed E-state index contributed by atoms with van der Waals surface area (Å²) in [7, 11) is 0. The van der Waals surface area contributed by atoms with Gasteiger partial charge in [0.2, 0.25) is 0 Å². The molecule has 0 unspecified atom stereocenters. The Morgan fingerprint density at radius 1 is 0.353 bits per heavy atom. The van der Waals surface area contributed by atoms with Crippen molar-refractivity contribution in [1.82, 2.24) is 4.57 Å². The highest BCUT2D eigenvalue weighted by molar-refractivity contribution is 7.25. The molecule has 0 atom stereocenters. The van der Waals surface area contributed by atoms with Gasteiger partial charge in [-0.3, -0.25) is 0 Å². The van der Waals surface area contributed by atoms with Crippen LogP contribution < -0.4 is 4.90 Å². The molecule has 2 nitrogen and oxygen atoms in total. The van der Waals surface area contributed by atoms with E-state index in [-0.39, 0.29) is 0 Å². The molecule has 0 aliphatic rings. The Bertz CT molecular complexity index is 3160. The number of hydrogen-bond acceptors (Lipinski definition) is 2. The molecule has 11 aromatic rings. The molecule has 0 saturated heterocycles. The largest absolute Gasteiger partial charge is 0.310 e. The molecule has 11 rings (SSSR count). The minimum absolute atomic E-state index is 1.12. The molecule has 0 N–H and O–H groups in total. The highest BCUT2D eigenvalue weighted by Gasteiger charge is 2.20. The fraction of sp³-hybridized carbons (Fsp3) is 0. The summed E-state index contributed by atoms with van der Waals surface area (Å²) in [6, 6.07) is 67.0. The van der Waals surface area contributed by atoms with Gasteiger partial charge < -0.3 is 9.47 Å². The van der Waals surface area contributed by atoms with Gasteiger partial charge in [-0.15, -0.1) is 11.3 Å². The van der Waals surface area contributed by atoms with Crippen LogP contribution in [0.2, 0.25) is 0 Å². The van der Waals surface area contributed by atoms with Gasteiger partial charge in [-0.2, -0.15) is 0 Å². The van der Waals surface area contributed by atoms with E-state index in [1.165, 1.54) is 74.3 Å². The number of rotatable bonds is 4. The van der Waals surface area contributed by atoms with E-state index in [1.807, 2.05) is 11.3 Å². The zero-order chi connectivity index (χ0) is 33.5. The number of aromatic nitrogens is 1. The minimum Gasteiger partial charge on any atom is -0.310 e. The molecule has 0 radical (unpaired) electrons. The number of anilines is 3. The summed E-state index contributed by atoms with van der Waals surface area (Å²) < 4.78 is 5.08. The molecule has 9 aromatic carbocycles. The average molecular weight is 667 g/mol. The maximum absolute atomic E-state index is 2.46. The van der Waals surface area contributed by atoms with Gasteiger partial charge >= 0.3 is 0 Å². The first-order valence-electron chi connectivity index (χ1n) is 17.4. The van der Waals surface area contributed by atoms with Crippen molar-refractivity contribution in [1.29, 1.82) is 0 Å². The van der Waals surface area contributed by atoms with Crippen molar-refractivity contribution in [3.63, 3.8) is 0 Å². The molecule has 3 heteroatoms. The summed E-state index contributed by atoms with van der Waals surface area (Å²) in [6.45, 7) is 0. The van der Waals surface area contributed by atoms with Crippen molar-refractivity contribution in [2.45, 2.75) is 0 Å². The molecule has 0 fully saturated rings. The maximum atomic E-state index is 2.46. The van der Waals surface area contributed by atoms with Crippen LogP contribution in [0.5, 0.6) is 0 Å². The predicted octanol–water partition coefficient (Wildman–Crippen LogP) is 14.1. The summed E-state index contributed by atoms with van der Waals surface area (Å²) in [5, 5.41) is 12.5. The molecule has 0 saturated carbocycles. The Balaban J connectivity index is 1.22.